The van der Waals surface area contributed by atoms with Crippen LogP contribution >= 0.6 is 0 Å². The van der Waals surface area contributed by atoms with Crippen LogP contribution in [-0.4, -0.2) is 22.3 Å². The van der Waals surface area contributed by atoms with Crippen molar-refractivity contribution in [3.8, 4) is 5.75 Å². The maximum Gasteiger partial charge on any atom is 0.273 e. The highest BCUT2D eigenvalue weighted by Crippen LogP contribution is 2.23. The zero-order chi connectivity index (χ0) is 14.5. The first-order valence-electron chi connectivity index (χ1n) is 6.40. The molecule has 0 bridgehead atoms. The lowest BCUT2D eigenvalue weighted by Gasteiger charge is -2.11. The number of nitrogens with one attached hydrogen (secondary N) is 1. The van der Waals surface area contributed by atoms with Crippen molar-refractivity contribution in [1.82, 2.24) is 9.78 Å². The van der Waals surface area contributed by atoms with E-state index in [-0.39, 0.29) is 5.91 Å². The van der Waals surface area contributed by atoms with Crippen molar-refractivity contribution in [3.63, 3.8) is 0 Å². The number of aromatic nitrogens is 2. The van der Waals surface area contributed by atoms with Crippen LogP contribution in [0.25, 0.3) is 0 Å². The molecule has 2 aromatic rings. The summed E-state index contributed by atoms with van der Waals surface area (Å²) in [5, 5.41) is 6.79. The van der Waals surface area contributed by atoms with Gasteiger partial charge in [-0.1, -0.05) is 0 Å². The van der Waals surface area contributed by atoms with Gasteiger partial charge in [0.1, 0.15) is 11.4 Å². The van der Waals surface area contributed by atoms with Crippen LogP contribution in [0.15, 0.2) is 30.5 Å². The van der Waals surface area contributed by atoms with Crippen molar-refractivity contribution in [3.05, 3.63) is 41.7 Å². The van der Waals surface area contributed by atoms with Gasteiger partial charge in [0, 0.05) is 31.0 Å². The summed E-state index contributed by atoms with van der Waals surface area (Å²) in [6.45, 7) is 2.84. The molecule has 6 heteroatoms. The van der Waals surface area contributed by atoms with Gasteiger partial charge in [-0.3, -0.25) is 9.48 Å². The molecule has 0 radical (unpaired) electrons. The first kappa shape index (κ1) is 14.1. The summed E-state index contributed by atoms with van der Waals surface area (Å²) in [5.41, 5.74) is 7.72. The first-order chi connectivity index (χ1) is 9.65. The molecule has 1 heterocycles. The summed E-state index contributed by atoms with van der Waals surface area (Å²) in [6, 6.07) is 7.08. The molecule has 2 rings (SSSR count). The number of rotatable bonds is 5. The van der Waals surface area contributed by atoms with Gasteiger partial charge in [-0.15, -0.1) is 0 Å². The quantitative estimate of drug-likeness (QED) is 0.866. The third-order valence-corrected chi connectivity index (χ3v) is 2.89. The molecule has 0 aliphatic heterocycles. The number of hydrogen-bond donors (Lipinski definition) is 2. The molecule has 0 unspecified atom stereocenters. The average Bonchev–Trinajstić information content (AvgIpc) is 2.87. The van der Waals surface area contributed by atoms with E-state index in [0.29, 0.717) is 24.5 Å². The second kappa shape index (κ2) is 6.21. The van der Waals surface area contributed by atoms with Crippen LogP contribution in [0.4, 0.5) is 5.69 Å². The van der Waals surface area contributed by atoms with Gasteiger partial charge in [0.25, 0.3) is 5.91 Å². The third kappa shape index (κ3) is 2.97. The normalized spacial score (nSPS) is 10.3. The lowest BCUT2D eigenvalue weighted by atomic mass is 10.1. The summed E-state index contributed by atoms with van der Waals surface area (Å²) in [6.07, 6.45) is 1.58. The molecule has 0 atom stereocenters. The highest BCUT2D eigenvalue weighted by atomic mass is 16.5. The molecule has 0 fully saturated rings. The largest absolute Gasteiger partial charge is 0.494 e. The predicted octanol–water partition coefficient (Wildman–Crippen LogP) is 1.53. The molecular weight excluding hydrogens is 256 g/mol. The standard InChI is InChI=1S/C14H18N4O2/c1-3-20-13-5-4-11(8-10(13)9-15)17-14(19)12-6-7-16-18(12)2/h4-8H,3,9,15H2,1-2H3,(H,17,19). The molecule has 0 spiro atoms. The van der Waals surface area contributed by atoms with E-state index in [0.717, 1.165) is 11.3 Å². The number of anilines is 1. The van der Waals surface area contributed by atoms with Crippen molar-refractivity contribution in [1.29, 1.82) is 0 Å². The van der Waals surface area contributed by atoms with E-state index < -0.39 is 0 Å². The van der Waals surface area contributed by atoms with E-state index in [1.54, 1.807) is 25.4 Å². The third-order valence-electron chi connectivity index (χ3n) is 2.89. The Morgan fingerprint density at radius 3 is 2.85 bits per heavy atom. The Balaban J connectivity index is 2.18. The molecule has 3 N–H and O–H groups in total. The van der Waals surface area contributed by atoms with Crippen LogP contribution in [0.3, 0.4) is 0 Å². The topological polar surface area (TPSA) is 82.2 Å². The van der Waals surface area contributed by atoms with Crippen LogP contribution in [-0.2, 0) is 13.6 Å². The number of amides is 1. The van der Waals surface area contributed by atoms with Crippen LogP contribution < -0.4 is 15.8 Å². The highest BCUT2D eigenvalue weighted by molar-refractivity contribution is 6.03. The molecule has 1 aromatic heterocycles. The SMILES string of the molecule is CCOc1ccc(NC(=O)c2ccnn2C)cc1CN. The van der Waals surface area contributed by atoms with Crippen LogP contribution in [0, 0.1) is 0 Å². The van der Waals surface area contributed by atoms with Gasteiger partial charge in [-0.2, -0.15) is 5.10 Å². The summed E-state index contributed by atoms with van der Waals surface area (Å²) < 4.78 is 6.99. The van der Waals surface area contributed by atoms with Crippen molar-refractivity contribution in [2.45, 2.75) is 13.5 Å². The number of benzene rings is 1. The minimum atomic E-state index is -0.211. The van der Waals surface area contributed by atoms with Crippen molar-refractivity contribution in [2.75, 3.05) is 11.9 Å². The van der Waals surface area contributed by atoms with Crippen molar-refractivity contribution < 1.29 is 9.53 Å². The van der Waals surface area contributed by atoms with E-state index in [4.69, 9.17) is 10.5 Å². The lowest BCUT2D eigenvalue weighted by molar-refractivity contribution is 0.101. The molecule has 1 amide bonds. The molecule has 6 nitrogen and oxygen atoms in total. The van der Waals surface area contributed by atoms with Gasteiger partial charge in [-0.05, 0) is 31.2 Å². The summed E-state index contributed by atoms with van der Waals surface area (Å²) in [5.74, 6) is 0.533. The number of ether oxygens (including phenoxy) is 1. The number of aryl methyl sites for hydroxylation is 1. The minimum Gasteiger partial charge on any atom is -0.494 e. The minimum absolute atomic E-state index is 0.211. The molecule has 0 aliphatic carbocycles. The van der Waals surface area contributed by atoms with Gasteiger partial charge < -0.3 is 15.8 Å². The molecular formula is C14H18N4O2. The molecule has 0 aliphatic rings. The number of nitrogens with two attached hydrogens (primary N) is 1. The van der Waals surface area contributed by atoms with Crippen molar-refractivity contribution in [2.24, 2.45) is 12.8 Å². The first-order valence-corrected chi connectivity index (χ1v) is 6.40. The van der Waals surface area contributed by atoms with Crippen LogP contribution in [0.1, 0.15) is 23.0 Å². The van der Waals surface area contributed by atoms with Gasteiger partial charge >= 0.3 is 0 Å². The van der Waals surface area contributed by atoms with E-state index in [9.17, 15) is 4.79 Å². The fourth-order valence-electron chi connectivity index (χ4n) is 1.90. The van der Waals surface area contributed by atoms with Gasteiger partial charge in [0.05, 0.1) is 6.61 Å². The molecule has 0 saturated heterocycles. The second-order valence-corrected chi connectivity index (χ2v) is 4.25. The fraction of sp³-hybridized carbons (Fsp3) is 0.286. The predicted molar refractivity (Wildman–Crippen MR) is 76.7 cm³/mol. The zero-order valence-corrected chi connectivity index (χ0v) is 11.6. The van der Waals surface area contributed by atoms with Gasteiger partial charge in [0.2, 0.25) is 0 Å². The summed E-state index contributed by atoms with van der Waals surface area (Å²) in [4.78, 5) is 12.1. The van der Waals surface area contributed by atoms with Crippen molar-refractivity contribution >= 4 is 11.6 Å². The Bertz CT molecular complexity index is 607. The maximum absolute atomic E-state index is 12.1. The zero-order valence-electron chi connectivity index (χ0n) is 11.6. The fourth-order valence-corrected chi connectivity index (χ4v) is 1.90. The number of carbonyl (C=O) groups excluding carboxylic acids is 1. The Morgan fingerprint density at radius 2 is 2.25 bits per heavy atom. The smallest absolute Gasteiger partial charge is 0.273 e. The second-order valence-electron chi connectivity index (χ2n) is 4.25. The monoisotopic (exact) mass is 274 g/mol. The molecule has 0 saturated carbocycles. The molecule has 106 valence electrons. The van der Waals surface area contributed by atoms with Gasteiger partial charge in [-0.25, -0.2) is 0 Å². The van der Waals surface area contributed by atoms with E-state index in [1.807, 2.05) is 19.1 Å². The van der Waals surface area contributed by atoms with Crippen LogP contribution in [0.2, 0.25) is 0 Å². The Labute approximate surface area is 117 Å². The van der Waals surface area contributed by atoms with E-state index in [1.165, 1.54) is 4.68 Å². The molecule has 1 aromatic carbocycles. The molecule has 20 heavy (non-hydrogen) atoms. The van der Waals surface area contributed by atoms with Gasteiger partial charge in [0.15, 0.2) is 0 Å². The summed E-state index contributed by atoms with van der Waals surface area (Å²) in [7, 11) is 1.72. The van der Waals surface area contributed by atoms with Crippen LogP contribution in [0.5, 0.6) is 5.75 Å². The summed E-state index contributed by atoms with van der Waals surface area (Å²) >= 11 is 0. The van der Waals surface area contributed by atoms with E-state index >= 15 is 0 Å². The maximum atomic E-state index is 12.1. The average molecular weight is 274 g/mol. The Morgan fingerprint density at radius 1 is 1.45 bits per heavy atom. The Kier molecular flexibility index (Phi) is 4.37. The number of hydrogen-bond acceptors (Lipinski definition) is 4. The lowest BCUT2D eigenvalue weighted by Crippen LogP contribution is -2.16. The number of nitrogens with zero attached hydrogens (tertiary/aromatic N) is 2. The Hall–Kier alpha value is -2.34. The highest BCUT2D eigenvalue weighted by Gasteiger charge is 2.11. The number of carbonyl (C=O) groups is 1. The van der Waals surface area contributed by atoms with E-state index in [2.05, 4.69) is 10.4 Å².